The molecule has 1 aliphatic carbocycles. The Morgan fingerprint density at radius 2 is 1.80 bits per heavy atom. The maximum Gasteiger partial charge on any atom is 0.245 e. The average Bonchev–Trinajstić information content (AvgIpc) is 3.41. The van der Waals surface area contributed by atoms with E-state index >= 15 is 0 Å². The topological polar surface area (TPSA) is 90.5 Å². The van der Waals surface area contributed by atoms with Crippen molar-refractivity contribution in [3.8, 4) is 0 Å². The third kappa shape index (κ3) is 5.81. The Morgan fingerprint density at radius 3 is 2.51 bits per heavy atom. The van der Waals surface area contributed by atoms with E-state index in [2.05, 4.69) is 32.7 Å². The van der Waals surface area contributed by atoms with E-state index in [0.29, 0.717) is 12.5 Å². The summed E-state index contributed by atoms with van der Waals surface area (Å²) in [5.41, 5.74) is 2.08. The second-order valence-corrected chi connectivity index (χ2v) is 9.79. The molecule has 188 valence electrons. The second-order valence-electron chi connectivity index (χ2n) is 9.79. The first kappa shape index (κ1) is 25.1. The molecule has 2 fully saturated rings. The molecule has 2 aromatic rings. The summed E-state index contributed by atoms with van der Waals surface area (Å²) in [5.74, 6) is 0.765. The fraction of sp³-hybridized carbons (Fsp3) is 0.556. The first-order valence-electron chi connectivity index (χ1n) is 12.9. The summed E-state index contributed by atoms with van der Waals surface area (Å²) >= 11 is 0. The van der Waals surface area contributed by atoms with Gasteiger partial charge in [-0.3, -0.25) is 9.59 Å². The number of nitrogens with zero attached hydrogens (tertiary/aromatic N) is 4. The van der Waals surface area contributed by atoms with Crippen molar-refractivity contribution in [2.45, 2.75) is 70.0 Å². The van der Waals surface area contributed by atoms with Crippen LogP contribution in [-0.4, -0.2) is 59.4 Å². The Kier molecular flexibility index (Phi) is 8.33. The third-order valence-corrected chi connectivity index (χ3v) is 7.54. The molecule has 1 aromatic carbocycles. The standard InChI is InChI=1S/C27H38N6O2/c1-19(28-2)25(34)31-24(20-10-5-4-6-11-20)26(35)33-17-8-14-23(33)21-12-7-13-22(18-21)32(3)27-29-15-9-16-30-27/h7,9,12-13,15-16,18-20,23-24,28H,4-6,8,10-11,14,17H2,1-3H3,(H,31,34)/t19?,23-,24-/m0/s1. The monoisotopic (exact) mass is 478 g/mol. The molecule has 2 aliphatic rings. The molecule has 1 aliphatic heterocycles. The lowest BCUT2D eigenvalue weighted by atomic mass is 9.83. The fourth-order valence-corrected chi connectivity index (χ4v) is 5.33. The van der Waals surface area contributed by atoms with Crippen molar-refractivity contribution in [1.82, 2.24) is 25.5 Å². The maximum atomic E-state index is 14.0. The first-order chi connectivity index (χ1) is 17.0. The SMILES string of the molecule is CNC(C)C(=O)N[C@H](C(=O)N1CCC[C@H]1c1cccc(N(C)c2ncccn2)c1)C1CCCCC1. The number of likely N-dealkylation sites (N-methyl/N-ethyl adjacent to an activating group) is 1. The lowest BCUT2D eigenvalue weighted by Gasteiger charge is -2.35. The molecule has 8 heteroatoms. The van der Waals surface area contributed by atoms with Gasteiger partial charge in [0.05, 0.1) is 12.1 Å². The summed E-state index contributed by atoms with van der Waals surface area (Å²) in [4.78, 5) is 39.4. The molecule has 3 atom stereocenters. The fourth-order valence-electron chi connectivity index (χ4n) is 5.33. The highest BCUT2D eigenvalue weighted by Gasteiger charge is 2.39. The average molecular weight is 479 g/mol. The number of rotatable bonds is 8. The predicted molar refractivity (Wildman–Crippen MR) is 137 cm³/mol. The molecule has 4 rings (SSSR count). The molecule has 0 spiro atoms. The first-order valence-corrected chi connectivity index (χ1v) is 12.9. The van der Waals surface area contributed by atoms with Gasteiger partial charge in [-0.15, -0.1) is 0 Å². The second kappa shape index (κ2) is 11.6. The molecule has 0 bridgehead atoms. The van der Waals surface area contributed by atoms with Crippen LogP contribution in [0.15, 0.2) is 42.7 Å². The molecule has 35 heavy (non-hydrogen) atoms. The minimum Gasteiger partial charge on any atom is -0.343 e. The zero-order valence-electron chi connectivity index (χ0n) is 21.1. The maximum absolute atomic E-state index is 14.0. The van der Waals surface area contributed by atoms with Gasteiger partial charge in [0.15, 0.2) is 0 Å². The number of nitrogens with one attached hydrogen (secondary N) is 2. The summed E-state index contributed by atoms with van der Waals surface area (Å²) in [6.07, 6.45) is 10.7. The summed E-state index contributed by atoms with van der Waals surface area (Å²) in [6, 6.07) is 9.27. The van der Waals surface area contributed by atoms with E-state index in [-0.39, 0.29) is 29.8 Å². The van der Waals surface area contributed by atoms with Gasteiger partial charge >= 0.3 is 0 Å². The molecule has 2 amide bonds. The van der Waals surface area contributed by atoms with Gasteiger partial charge < -0.3 is 20.4 Å². The van der Waals surface area contributed by atoms with E-state index in [0.717, 1.165) is 49.8 Å². The molecule has 2 heterocycles. The summed E-state index contributed by atoms with van der Waals surface area (Å²) in [5, 5.41) is 6.11. The van der Waals surface area contributed by atoms with Crippen LogP contribution in [0.1, 0.15) is 63.5 Å². The van der Waals surface area contributed by atoms with E-state index in [1.807, 2.05) is 35.9 Å². The van der Waals surface area contributed by atoms with Crippen LogP contribution in [0.25, 0.3) is 0 Å². The Balaban J connectivity index is 1.56. The van der Waals surface area contributed by atoms with E-state index in [9.17, 15) is 9.59 Å². The minimum absolute atomic E-state index is 0.00254. The number of hydrogen-bond acceptors (Lipinski definition) is 6. The molecule has 1 unspecified atom stereocenters. The number of benzene rings is 1. The number of aromatic nitrogens is 2. The van der Waals surface area contributed by atoms with Gasteiger partial charge in [-0.25, -0.2) is 9.97 Å². The number of carbonyl (C=O) groups is 2. The Labute approximate surface area is 208 Å². The summed E-state index contributed by atoms with van der Waals surface area (Å²) in [7, 11) is 3.71. The molecule has 1 aromatic heterocycles. The lowest BCUT2D eigenvalue weighted by Crippen LogP contribution is -2.55. The Morgan fingerprint density at radius 1 is 1.06 bits per heavy atom. The number of hydrogen-bond donors (Lipinski definition) is 2. The highest BCUT2D eigenvalue weighted by Crippen LogP contribution is 2.36. The highest BCUT2D eigenvalue weighted by atomic mass is 16.2. The highest BCUT2D eigenvalue weighted by molar-refractivity contribution is 5.90. The van der Waals surface area contributed by atoms with Crippen molar-refractivity contribution in [1.29, 1.82) is 0 Å². The molecule has 8 nitrogen and oxygen atoms in total. The quantitative estimate of drug-likeness (QED) is 0.603. The number of amides is 2. The van der Waals surface area contributed by atoms with Crippen molar-refractivity contribution >= 4 is 23.5 Å². The van der Waals surface area contributed by atoms with Crippen molar-refractivity contribution < 1.29 is 9.59 Å². The van der Waals surface area contributed by atoms with Crippen molar-refractivity contribution in [3.05, 3.63) is 48.3 Å². The zero-order chi connectivity index (χ0) is 24.8. The van der Waals surface area contributed by atoms with Crippen LogP contribution in [0.3, 0.4) is 0 Å². The molecule has 0 radical (unpaired) electrons. The summed E-state index contributed by atoms with van der Waals surface area (Å²) < 4.78 is 0. The van der Waals surface area contributed by atoms with Crippen LogP contribution in [0.2, 0.25) is 0 Å². The molecule has 2 N–H and O–H groups in total. The van der Waals surface area contributed by atoms with Crippen molar-refractivity contribution in [2.75, 3.05) is 25.5 Å². The van der Waals surface area contributed by atoms with Crippen LogP contribution in [0.5, 0.6) is 0 Å². The van der Waals surface area contributed by atoms with Crippen LogP contribution >= 0.6 is 0 Å². The van der Waals surface area contributed by atoms with Crippen LogP contribution in [-0.2, 0) is 9.59 Å². The number of carbonyl (C=O) groups excluding carboxylic acids is 2. The molecule has 1 saturated carbocycles. The van der Waals surface area contributed by atoms with Crippen LogP contribution < -0.4 is 15.5 Å². The largest absolute Gasteiger partial charge is 0.343 e. The van der Waals surface area contributed by atoms with Gasteiger partial charge in [0.25, 0.3) is 0 Å². The molecular weight excluding hydrogens is 440 g/mol. The smallest absolute Gasteiger partial charge is 0.245 e. The van der Waals surface area contributed by atoms with Crippen LogP contribution in [0, 0.1) is 5.92 Å². The third-order valence-electron chi connectivity index (χ3n) is 7.54. The van der Waals surface area contributed by atoms with Gasteiger partial charge in [-0.05, 0) is 69.3 Å². The van der Waals surface area contributed by atoms with E-state index in [4.69, 9.17) is 0 Å². The zero-order valence-corrected chi connectivity index (χ0v) is 21.1. The normalized spacial score (nSPS) is 20.3. The van der Waals surface area contributed by atoms with Crippen LogP contribution in [0.4, 0.5) is 11.6 Å². The Hall–Kier alpha value is -3.00. The minimum atomic E-state index is -0.470. The Bertz CT molecular complexity index is 994. The van der Waals surface area contributed by atoms with E-state index in [1.54, 1.807) is 25.5 Å². The van der Waals surface area contributed by atoms with Gasteiger partial charge in [-0.1, -0.05) is 31.4 Å². The number of likely N-dealkylation sites (tertiary alicyclic amines) is 1. The van der Waals surface area contributed by atoms with Gasteiger partial charge in [0.2, 0.25) is 17.8 Å². The molecule has 1 saturated heterocycles. The van der Waals surface area contributed by atoms with Gasteiger partial charge in [0, 0.05) is 31.7 Å². The predicted octanol–water partition coefficient (Wildman–Crippen LogP) is 3.58. The van der Waals surface area contributed by atoms with E-state index < -0.39 is 6.04 Å². The van der Waals surface area contributed by atoms with E-state index in [1.165, 1.54) is 6.42 Å². The number of anilines is 2. The lowest BCUT2D eigenvalue weighted by molar-refractivity contribution is -0.139. The van der Waals surface area contributed by atoms with Gasteiger partial charge in [-0.2, -0.15) is 0 Å². The van der Waals surface area contributed by atoms with Crippen molar-refractivity contribution in [2.24, 2.45) is 5.92 Å². The van der Waals surface area contributed by atoms with Crippen molar-refractivity contribution in [3.63, 3.8) is 0 Å². The summed E-state index contributed by atoms with van der Waals surface area (Å²) in [6.45, 7) is 2.54. The van der Waals surface area contributed by atoms with Gasteiger partial charge in [0.1, 0.15) is 6.04 Å². The molecular formula is C27H38N6O2.